The van der Waals surface area contributed by atoms with Gasteiger partial charge in [0.2, 0.25) is 0 Å². The summed E-state index contributed by atoms with van der Waals surface area (Å²) < 4.78 is 14.0. The maximum atomic E-state index is 14.0. The van der Waals surface area contributed by atoms with E-state index in [1.807, 2.05) is 0 Å². The lowest BCUT2D eigenvalue weighted by Gasteiger charge is -2.34. The largest absolute Gasteiger partial charge is 0.389 e. The van der Waals surface area contributed by atoms with Gasteiger partial charge in [0.25, 0.3) is 0 Å². The second-order valence-corrected chi connectivity index (χ2v) is 5.32. The minimum Gasteiger partial charge on any atom is -0.389 e. The highest BCUT2D eigenvalue weighted by Crippen LogP contribution is 2.14. The summed E-state index contributed by atoms with van der Waals surface area (Å²) in [5.41, 5.74) is 6.80. The number of hydrogen-bond acceptors (Lipinski definition) is 3. The first kappa shape index (κ1) is 14.4. The van der Waals surface area contributed by atoms with Crippen molar-refractivity contribution in [2.75, 3.05) is 32.7 Å². The van der Waals surface area contributed by atoms with Crippen LogP contribution >= 0.6 is 12.2 Å². The Morgan fingerprint density at radius 1 is 1.26 bits per heavy atom. The molecule has 1 heterocycles. The van der Waals surface area contributed by atoms with Gasteiger partial charge in [-0.1, -0.05) is 31.3 Å². The van der Waals surface area contributed by atoms with E-state index >= 15 is 0 Å². The highest BCUT2D eigenvalue weighted by molar-refractivity contribution is 7.80. The quantitative estimate of drug-likeness (QED) is 0.850. The fourth-order valence-electron chi connectivity index (χ4n) is 2.33. The number of benzene rings is 1. The Morgan fingerprint density at radius 3 is 2.42 bits per heavy atom. The first-order chi connectivity index (χ1) is 9.10. The average Bonchev–Trinajstić information content (AvgIpc) is 2.41. The number of rotatable bonds is 4. The lowest BCUT2D eigenvalue weighted by molar-refractivity contribution is 0.131. The van der Waals surface area contributed by atoms with E-state index in [0.29, 0.717) is 17.7 Å². The second kappa shape index (κ2) is 6.41. The monoisotopic (exact) mass is 281 g/mol. The van der Waals surface area contributed by atoms with Crippen molar-refractivity contribution in [2.24, 2.45) is 5.73 Å². The van der Waals surface area contributed by atoms with E-state index in [0.717, 1.165) is 32.7 Å². The molecule has 0 spiro atoms. The van der Waals surface area contributed by atoms with E-state index in [4.69, 9.17) is 18.0 Å². The lowest BCUT2D eigenvalue weighted by Crippen LogP contribution is -2.45. The van der Waals surface area contributed by atoms with Crippen LogP contribution in [0.2, 0.25) is 0 Å². The van der Waals surface area contributed by atoms with Crippen molar-refractivity contribution in [3.8, 4) is 0 Å². The molecule has 0 amide bonds. The van der Waals surface area contributed by atoms with Crippen LogP contribution in [0.5, 0.6) is 0 Å². The van der Waals surface area contributed by atoms with Crippen LogP contribution < -0.4 is 5.73 Å². The summed E-state index contributed by atoms with van der Waals surface area (Å²) in [5, 5.41) is 0. The van der Waals surface area contributed by atoms with Crippen molar-refractivity contribution in [2.45, 2.75) is 13.5 Å². The molecule has 3 nitrogen and oxygen atoms in total. The Kier molecular flexibility index (Phi) is 4.85. The van der Waals surface area contributed by atoms with E-state index in [2.05, 4.69) is 16.7 Å². The molecule has 1 fully saturated rings. The Morgan fingerprint density at radius 2 is 1.89 bits per heavy atom. The van der Waals surface area contributed by atoms with Crippen LogP contribution in [-0.2, 0) is 6.54 Å². The van der Waals surface area contributed by atoms with E-state index in [-0.39, 0.29) is 10.8 Å². The van der Waals surface area contributed by atoms with E-state index in [9.17, 15) is 4.39 Å². The van der Waals surface area contributed by atoms with Crippen LogP contribution in [0, 0.1) is 5.82 Å². The number of piperazine rings is 1. The predicted molar refractivity (Wildman–Crippen MR) is 79.7 cm³/mol. The average molecular weight is 281 g/mol. The molecule has 0 aromatic heterocycles. The lowest BCUT2D eigenvalue weighted by atomic mass is 10.1. The summed E-state index contributed by atoms with van der Waals surface area (Å²) >= 11 is 4.85. The van der Waals surface area contributed by atoms with Gasteiger partial charge in [-0.15, -0.1) is 0 Å². The number of thiocarbonyl (C=S) groups is 1. The molecule has 104 valence electrons. The highest BCUT2D eigenvalue weighted by atomic mass is 32.1. The van der Waals surface area contributed by atoms with Gasteiger partial charge in [-0.2, -0.15) is 0 Å². The molecule has 0 atom stereocenters. The first-order valence-electron chi connectivity index (χ1n) is 6.63. The smallest absolute Gasteiger partial charge is 0.128 e. The Bertz CT molecular complexity index is 456. The number of likely N-dealkylation sites (N-methyl/N-ethyl adjacent to an activating group) is 1. The van der Waals surface area contributed by atoms with Crippen molar-refractivity contribution >= 4 is 17.2 Å². The standard InChI is InChI=1S/C14H20FN3S/c1-2-17-5-7-18(8-6-17)10-12-4-3-11(14(16)19)9-13(12)15/h3-4,9H,2,5-8,10H2,1H3,(H2,16,19). The summed E-state index contributed by atoms with van der Waals surface area (Å²) in [7, 11) is 0. The van der Waals surface area contributed by atoms with Crippen LogP contribution in [0.1, 0.15) is 18.1 Å². The summed E-state index contributed by atoms with van der Waals surface area (Å²) in [6.07, 6.45) is 0. The zero-order valence-electron chi connectivity index (χ0n) is 11.2. The summed E-state index contributed by atoms with van der Waals surface area (Å²) in [6.45, 7) is 8.01. The van der Waals surface area contributed by atoms with E-state index < -0.39 is 0 Å². The van der Waals surface area contributed by atoms with Crippen LogP contribution in [0.25, 0.3) is 0 Å². The van der Waals surface area contributed by atoms with Gasteiger partial charge in [-0.05, 0) is 12.6 Å². The van der Waals surface area contributed by atoms with Crippen LogP contribution in [0.3, 0.4) is 0 Å². The molecule has 1 aromatic rings. The molecule has 19 heavy (non-hydrogen) atoms. The van der Waals surface area contributed by atoms with Gasteiger partial charge in [-0.25, -0.2) is 4.39 Å². The number of nitrogens with two attached hydrogens (primary N) is 1. The van der Waals surface area contributed by atoms with E-state index in [1.165, 1.54) is 6.07 Å². The fourth-order valence-corrected chi connectivity index (χ4v) is 2.46. The second-order valence-electron chi connectivity index (χ2n) is 4.88. The zero-order chi connectivity index (χ0) is 13.8. The molecule has 1 aliphatic rings. The van der Waals surface area contributed by atoms with Crippen molar-refractivity contribution in [1.29, 1.82) is 0 Å². The van der Waals surface area contributed by atoms with Crippen LogP contribution in [0.4, 0.5) is 4.39 Å². The van der Waals surface area contributed by atoms with Crippen molar-refractivity contribution in [1.82, 2.24) is 9.80 Å². The number of nitrogens with zero attached hydrogens (tertiary/aromatic N) is 2. The molecule has 2 rings (SSSR count). The third kappa shape index (κ3) is 3.72. The van der Waals surface area contributed by atoms with Gasteiger partial charge in [0.15, 0.2) is 0 Å². The topological polar surface area (TPSA) is 32.5 Å². The molecule has 5 heteroatoms. The fraction of sp³-hybridized carbons (Fsp3) is 0.500. The Balaban J connectivity index is 1.98. The highest BCUT2D eigenvalue weighted by Gasteiger charge is 2.17. The van der Waals surface area contributed by atoms with Crippen molar-refractivity contribution in [3.05, 3.63) is 35.1 Å². The van der Waals surface area contributed by atoms with Crippen LogP contribution in [0.15, 0.2) is 18.2 Å². The molecular formula is C14H20FN3S. The molecular weight excluding hydrogens is 261 g/mol. The van der Waals surface area contributed by atoms with Gasteiger partial charge in [0.1, 0.15) is 10.8 Å². The maximum Gasteiger partial charge on any atom is 0.128 e. The maximum absolute atomic E-state index is 14.0. The molecule has 0 radical (unpaired) electrons. The van der Waals surface area contributed by atoms with Gasteiger partial charge >= 0.3 is 0 Å². The molecule has 0 saturated carbocycles. The SMILES string of the molecule is CCN1CCN(Cc2ccc(C(N)=S)cc2F)CC1. The Hall–Kier alpha value is -1.04. The summed E-state index contributed by atoms with van der Waals surface area (Å²) in [4.78, 5) is 4.93. The molecule has 1 aliphatic heterocycles. The zero-order valence-corrected chi connectivity index (χ0v) is 12.0. The molecule has 0 aliphatic carbocycles. The predicted octanol–water partition coefficient (Wildman–Crippen LogP) is 1.60. The Labute approximate surface area is 119 Å². The van der Waals surface area contributed by atoms with Crippen LogP contribution in [-0.4, -0.2) is 47.5 Å². The van der Waals surface area contributed by atoms with Crippen molar-refractivity contribution < 1.29 is 4.39 Å². The summed E-state index contributed by atoms with van der Waals surface area (Å²) in [5.74, 6) is -0.219. The minimum atomic E-state index is -0.219. The third-order valence-electron chi connectivity index (χ3n) is 3.64. The third-order valence-corrected chi connectivity index (χ3v) is 3.88. The summed E-state index contributed by atoms with van der Waals surface area (Å²) in [6, 6.07) is 5.01. The van der Waals surface area contributed by atoms with Gasteiger partial charge in [0, 0.05) is 43.9 Å². The van der Waals surface area contributed by atoms with Gasteiger partial charge < -0.3 is 10.6 Å². The molecule has 2 N–H and O–H groups in total. The first-order valence-corrected chi connectivity index (χ1v) is 7.04. The number of hydrogen-bond donors (Lipinski definition) is 1. The molecule has 1 saturated heterocycles. The minimum absolute atomic E-state index is 0.219. The number of halogens is 1. The van der Waals surface area contributed by atoms with Crippen molar-refractivity contribution in [3.63, 3.8) is 0 Å². The molecule has 0 bridgehead atoms. The normalized spacial score (nSPS) is 17.6. The molecule has 0 unspecified atom stereocenters. The van der Waals surface area contributed by atoms with E-state index in [1.54, 1.807) is 12.1 Å². The molecule has 1 aromatic carbocycles. The van der Waals surface area contributed by atoms with Gasteiger partial charge in [0.05, 0.1) is 0 Å². The van der Waals surface area contributed by atoms with Gasteiger partial charge in [-0.3, -0.25) is 4.90 Å².